The molecular formula is C15H14F3NO3S. The summed E-state index contributed by atoms with van der Waals surface area (Å²) in [5.74, 6) is -1.02. The number of ether oxygens (including phenoxy) is 1. The molecule has 1 atom stereocenters. The van der Waals surface area contributed by atoms with Crippen molar-refractivity contribution in [3.05, 3.63) is 41.3 Å². The molecule has 8 heteroatoms. The number of benzene rings is 1. The number of carbonyl (C=O) groups excluding carboxylic acids is 1. The van der Waals surface area contributed by atoms with Crippen LogP contribution in [0.25, 0.3) is 0 Å². The van der Waals surface area contributed by atoms with Crippen LogP contribution in [0, 0.1) is 13.8 Å². The number of thioether (sulfide) groups is 1. The number of hydrogen-bond donors (Lipinski definition) is 0. The Morgan fingerprint density at radius 2 is 1.96 bits per heavy atom. The molecule has 0 radical (unpaired) electrons. The lowest BCUT2D eigenvalue weighted by atomic mass is 10.00. The molecule has 4 nitrogen and oxygen atoms in total. The van der Waals surface area contributed by atoms with Gasteiger partial charge >= 0.3 is 11.5 Å². The topological polar surface area (TPSA) is 52.3 Å². The van der Waals surface area contributed by atoms with Gasteiger partial charge in [-0.05, 0) is 44.7 Å². The second-order valence-electron chi connectivity index (χ2n) is 4.88. The Bertz CT molecular complexity index is 693. The van der Waals surface area contributed by atoms with E-state index in [2.05, 4.69) is 5.16 Å². The van der Waals surface area contributed by atoms with Gasteiger partial charge in [0, 0.05) is 5.56 Å². The Morgan fingerprint density at radius 1 is 1.30 bits per heavy atom. The van der Waals surface area contributed by atoms with Gasteiger partial charge in [-0.1, -0.05) is 17.3 Å². The summed E-state index contributed by atoms with van der Waals surface area (Å²) in [7, 11) is 0. The molecule has 0 fully saturated rings. The number of rotatable bonds is 4. The molecule has 0 aliphatic rings. The van der Waals surface area contributed by atoms with Gasteiger partial charge < -0.3 is 9.26 Å². The molecular weight excluding hydrogens is 331 g/mol. The molecule has 0 unspecified atom stereocenters. The molecule has 2 rings (SSSR count). The zero-order valence-electron chi connectivity index (χ0n) is 12.6. The van der Waals surface area contributed by atoms with Crippen molar-refractivity contribution in [2.45, 2.75) is 37.1 Å². The second kappa shape index (κ2) is 6.66. The Hall–Kier alpha value is -1.96. The summed E-state index contributed by atoms with van der Waals surface area (Å²) in [4.78, 5) is 12.1. The van der Waals surface area contributed by atoms with Gasteiger partial charge in [0.25, 0.3) is 0 Å². The van der Waals surface area contributed by atoms with E-state index in [0.29, 0.717) is 17.0 Å². The van der Waals surface area contributed by atoms with Crippen molar-refractivity contribution in [3.63, 3.8) is 0 Å². The van der Waals surface area contributed by atoms with Crippen LogP contribution in [0.3, 0.4) is 0 Å². The van der Waals surface area contributed by atoms with Crippen LogP contribution in [0.4, 0.5) is 13.2 Å². The predicted molar refractivity (Wildman–Crippen MR) is 78.4 cm³/mol. The molecule has 0 aliphatic heterocycles. The summed E-state index contributed by atoms with van der Waals surface area (Å²) < 4.78 is 47.8. The summed E-state index contributed by atoms with van der Waals surface area (Å²) in [6.07, 6.45) is 0. The quantitative estimate of drug-likeness (QED) is 0.460. The monoisotopic (exact) mass is 345 g/mol. The highest BCUT2D eigenvalue weighted by molar-refractivity contribution is 8.00. The molecule has 0 saturated heterocycles. The van der Waals surface area contributed by atoms with Crippen molar-refractivity contribution in [1.82, 2.24) is 5.16 Å². The first-order valence-corrected chi connectivity index (χ1v) is 7.50. The maximum Gasteiger partial charge on any atom is 0.446 e. The Morgan fingerprint density at radius 3 is 2.52 bits per heavy atom. The Balaban J connectivity index is 2.21. The maximum absolute atomic E-state index is 12.5. The number of para-hydroxylation sites is 1. The normalized spacial score (nSPS) is 13.0. The van der Waals surface area contributed by atoms with Gasteiger partial charge in [-0.3, -0.25) is 4.79 Å². The highest BCUT2D eigenvalue weighted by Crippen LogP contribution is 2.41. The lowest BCUT2D eigenvalue weighted by molar-refractivity contribution is -0.135. The molecule has 0 bridgehead atoms. The molecule has 0 N–H and O–H groups in total. The number of halogens is 3. The standard InChI is InChI=1S/C15H14F3NO3S/c1-8(13-9(2)19-22-10(13)3)14(20)21-11-6-4-5-7-12(11)23-15(16,17)18/h4-8H,1-3H3/t8-/m0/s1. The van der Waals surface area contributed by atoms with Crippen molar-refractivity contribution in [3.8, 4) is 5.75 Å². The van der Waals surface area contributed by atoms with Gasteiger partial charge in [0.1, 0.15) is 11.5 Å². The van der Waals surface area contributed by atoms with E-state index in [-0.39, 0.29) is 22.4 Å². The lowest BCUT2D eigenvalue weighted by Crippen LogP contribution is -2.17. The number of aromatic nitrogens is 1. The fourth-order valence-electron chi connectivity index (χ4n) is 2.17. The van der Waals surface area contributed by atoms with Gasteiger partial charge in [0.15, 0.2) is 0 Å². The van der Waals surface area contributed by atoms with Crippen LogP contribution in [0.5, 0.6) is 5.75 Å². The van der Waals surface area contributed by atoms with E-state index in [1.54, 1.807) is 20.8 Å². The van der Waals surface area contributed by atoms with Crippen LogP contribution in [0.2, 0.25) is 0 Å². The van der Waals surface area contributed by atoms with Gasteiger partial charge in [0.2, 0.25) is 0 Å². The third-order valence-electron chi connectivity index (χ3n) is 3.16. The summed E-state index contributed by atoms with van der Waals surface area (Å²) in [6, 6.07) is 5.53. The highest BCUT2D eigenvalue weighted by atomic mass is 32.2. The van der Waals surface area contributed by atoms with Gasteiger partial charge in [-0.25, -0.2) is 0 Å². The second-order valence-corrected chi connectivity index (χ2v) is 5.98. The summed E-state index contributed by atoms with van der Waals surface area (Å²) >= 11 is -0.323. The molecule has 1 aromatic carbocycles. The van der Waals surface area contributed by atoms with Crippen LogP contribution in [0.15, 0.2) is 33.7 Å². The molecule has 0 aliphatic carbocycles. The van der Waals surface area contributed by atoms with Crippen LogP contribution < -0.4 is 4.74 Å². The molecule has 0 spiro atoms. The van der Waals surface area contributed by atoms with E-state index < -0.39 is 17.4 Å². The maximum atomic E-state index is 12.5. The molecule has 1 aromatic heterocycles. The number of nitrogens with zero attached hydrogens (tertiary/aromatic N) is 1. The van der Waals surface area contributed by atoms with Crippen LogP contribution in [0.1, 0.15) is 29.9 Å². The molecule has 124 valence electrons. The minimum Gasteiger partial charge on any atom is -0.425 e. The average Bonchev–Trinajstić information content (AvgIpc) is 2.78. The number of esters is 1. The van der Waals surface area contributed by atoms with Crippen molar-refractivity contribution in [2.75, 3.05) is 0 Å². The van der Waals surface area contributed by atoms with Crippen molar-refractivity contribution >= 4 is 17.7 Å². The fourth-order valence-corrected chi connectivity index (χ4v) is 2.77. The van der Waals surface area contributed by atoms with E-state index in [1.807, 2.05) is 0 Å². The predicted octanol–water partition coefficient (Wildman–Crippen LogP) is 4.61. The first-order valence-electron chi connectivity index (χ1n) is 6.68. The van der Waals surface area contributed by atoms with Crippen LogP contribution in [-0.2, 0) is 4.79 Å². The number of alkyl halides is 3. The third-order valence-corrected chi connectivity index (χ3v) is 3.95. The van der Waals surface area contributed by atoms with Gasteiger partial charge in [-0.2, -0.15) is 13.2 Å². The molecule has 0 amide bonds. The first kappa shape index (κ1) is 17.4. The summed E-state index contributed by atoms with van der Waals surface area (Å²) in [6.45, 7) is 4.93. The van der Waals surface area contributed by atoms with Crippen LogP contribution in [-0.4, -0.2) is 16.6 Å². The van der Waals surface area contributed by atoms with E-state index in [0.717, 1.165) is 0 Å². The van der Waals surface area contributed by atoms with Crippen molar-refractivity contribution in [1.29, 1.82) is 0 Å². The minimum absolute atomic E-state index is 0.126. The van der Waals surface area contributed by atoms with Gasteiger partial charge in [0.05, 0.1) is 16.5 Å². The van der Waals surface area contributed by atoms with E-state index in [9.17, 15) is 18.0 Å². The van der Waals surface area contributed by atoms with E-state index in [4.69, 9.17) is 9.26 Å². The Kier molecular flexibility index (Phi) is 5.03. The zero-order chi connectivity index (χ0) is 17.2. The van der Waals surface area contributed by atoms with Crippen LogP contribution >= 0.6 is 11.8 Å². The molecule has 23 heavy (non-hydrogen) atoms. The number of carbonyl (C=O) groups is 1. The molecule has 1 heterocycles. The smallest absolute Gasteiger partial charge is 0.425 e. The Labute approximate surface area is 135 Å². The SMILES string of the molecule is Cc1noc(C)c1[C@H](C)C(=O)Oc1ccccc1SC(F)(F)F. The van der Waals surface area contributed by atoms with E-state index >= 15 is 0 Å². The third kappa shape index (κ3) is 4.28. The van der Waals surface area contributed by atoms with E-state index in [1.165, 1.54) is 24.3 Å². The largest absolute Gasteiger partial charge is 0.446 e. The fraction of sp³-hybridized carbons (Fsp3) is 0.333. The van der Waals surface area contributed by atoms with Crippen molar-refractivity contribution < 1.29 is 27.2 Å². The summed E-state index contributed by atoms with van der Waals surface area (Å²) in [5.41, 5.74) is -3.34. The highest BCUT2D eigenvalue weighted by Gasteiger charge is 2.32. The van der Waals surface area contributed by atoms with Gasteiger partial charge in [-0.15, -0.1) is 0 Å². The zero-order valence-corrected chi connectivity index (χ0v) is 13.4. The molecule has 2 aromatic rings. The van der Waals surface area contributed by atoms with Crippen molar-refractivity contribution in [2.24, 2.45) is 0 Å². The summed E-state index contributed by atoms with van der Waals surface area (Å²) in [5, 5.41) is 3.76. The lowest BCUT2D eigenvalue weighted by Gasteiger charge is -2.14. The first-order chi connectivity index (χ1) is 10.7. The number of hydrogen-bond acceptors (Lipinski definition) is 5. The number of aryl methyl sites for hydroxylation is 2. The molecule has 0 saturated carbocycles. The average molecular weight is 345 g/mol. The minimum atomic E-state index is -4.46.